The van der Waals surface area contributed by atoms with Gasteiger partial charge in [-0.05, 0) is 24.6 Å². The Morgan fingerprint density at radius 3 is 2.80 bits per heavy atom. The number of hydrogen-bond donors (Lipinski definition) is 1. The minimum atomic E-state index is -0.316. The molecule has 1 N–H and O–H groups in total. The van der Waals surface area contributed by atoms with Crippen LogP contribution >= 0.6 is 0 Å². The molecule has 0 saturated carbocycles. The fraction of sp³-hybridized carbons (Fsp3) is 0.312. The topological polar surface area (TPSA) is 34.1 Å². The van der Waals surface area contributed by atoms with Crippen LogP contribution in [0.5, 0.6) is 11.6 Å². The van der Waals surface area contributed by atoms with Crippen LogP contribution in [-0.2, 0) is 6.54 Å². The number of benzene rings is 1. The maximum absolute atomic E-state index is 13.2. The van der Waals surface area contributed by atoms with Crippen LogP contribution < -0.4 is 10.1 Å². The number of halogens is 1. The highest BCUT2D eigenvalue weighted by Crippen LogP contribution is 2.24. The highest BCUT2D eigenvalue weighted by Gasteiger charge is 2.05. The van der Waals surface area contributed by atoms with Crippen molar-refractivity contribution < 1.29 is 9.13 Å². The summed E-state index contributed by atoms with van der Waals surface area (Å²) in [6, 6.07) is 10.5. The van der Waals surface area contributed by atoms with E-state index in [1.165, 1.54) is 12.1 Å². The van der Waals surface area contributed by atoms with Gasteiger partial charge in [0.1, 0.15) is 11.6 Å². The minimum Gasteiger partial charge on any atom is -0.439 e. The smallest absolute Gasteiger partial charge is 0.219 e. The number of ether oxygens (including phenoxy) is 1. The molecule has 0 atom stereocenters. The van der Waals surface area contributed by atoms with E-state index in [4.69, 9.17) is 4.74 Å². The summed E-state index contributed by atoms with van der Waals surface area (Å²) in [7, 11) is 0. The number of nitrogens with zero attached hydrogens (tertiary/aromatic N) is 1. The highest BCUT2D eigenvalue weighted by molar-refractivity contribution is 5.35. The van der Waals surface area contributed by atoms with Crippen LogP contribution in [0.1, 0.15) is 25.1 Å². The summed E-state index contributed by atoms with van der Waals surface area (Å²) in [4.78, 5) is 4.40. The Kier molecular flexibility index (Phi) is 4.69. The molecule has 0 fully saturated rings. The molecule has 0 aliphatic rings. The Balaban J connectivity index is 2.13. The number of pyridine rings is 1. The van der Waals surface area contributed by atoms with E-state index < -0.39 is 0 Å². The Morgan fingerprint density at radius 2 is 2.05 bits per heavy atom. The van der Waals surface area contributed by atoms with Gasteiger partial charge in [0.2, 0.25) is 5.88 Å². The summed E-state index contributed by atoms with van der Waals surface area (Å²) in [5.74, 6) is 0.649. The monoisotopic (exact) mass is 274 g/mol. The number of aromatic nitrogens is 1. The molecule has 1 aromatic heterocycles. The van der Waals surface area contributed by atoms with Crippen LogP contribution in [0, 0.1) is 12.7 Å². The van der Waals surface area contributed by atoms with Crippen molar-refractivity contribution in [1.82, 2.24) is 10.3 Å². The van der Waals surface area contributed by atoms with Gasteiger partial charge in [0.15, 0.2) is 0 Å². The molecule has 2 aromatic rings. The molecule has 106 valence electrons. The largest absolute Gasteiger partial charge is 0.439 e. The molecule has 0 amide bonds. The summed E-state index contributed by atoms with van der Waals surface area (Å²) in [5, 5.41) is 3.30. The summed E-state index contributed by atoms with van der Waals surface area (Å²) < 4.78 is 18.9. The van der Waals surface area contributed by atoms with Gasteiger partial charge in [-0.25, -0.2) is 9.37 Å². The maximum atomic E-state index is 13.2. The van der Waals surface area contributed by atoms with Gasteiger partial charge in [-0.2, -0.15) is 0 Å². The first-order valence-corrected chi connectivity index (χ1v) is 6.68. The van der Waals surface area contributed by atoms with Gasteiger partial charge in [-0.1, -0.05) is 26.0 Å². The van der Waals surface area contributed by atoms with E-state index in [0.717, 1.165) is 11.3 Å². The average Bonchev–Trinajstić information content (AvgIpc) is 2.41. The van der Waals surface area contributed by atoms with Gasteiger partial charge in [-0.3, -0.25) is 0 Å². The third-order valence-corrected chi connectivity index (χ3v) is 2.84. The van der Waals surface area contributed by atoms with E-state index in [2.05, 4.69) is 24.1 Å². The van der Waals surface area contributed by atoms with Gasteiger partial charge in [0, 0.05) is 24.7 Å². The summed E-state index contributed by atoms with van der Waals surface area (Å²) in [5.41, 5.74) is 1.77. The average molecular weight is 274 g/mol. The van der Waals surface area contributed by atoms with Gasteiger partial charge in [0.05, 0.1) is 5.69 Å². The second kappa shape index (κ2) is 6.48. The first kappa shape index (κ1) is 14.5. The number of hydrogen-bond acceptors (Lipinski definition) is 3. The molecular formula is C16H19FN2O. The standard InChI is InChI=1S/C16H19FN2O/c1-11(2)18-10-14-5-4-6-16(19-14)20-15-9-13(17)8-7-12(15)3/h4-9,11,18H,10H2,1-3H3. The predicted molar refractivity (Wildman–Crippen MR) is 77.4 cm³/mol. The van der Waals surface area contributed by atoms with Crippen molar-refractivity contribution in [2.24, 2.45) is 0 Å². The Labute approximate surface area is 118 Å². The van der Waals surface area contributed by atoms with Crippen molar-refractivity contribution in [2.45, 2.75) is 33.4 Å². The highest BCUT2D eigenvalue weighted by atomic mass is 19.1. The quantitative estimate of drug-likeness (QED) is 0.900. The minimum absolute atomic E-state index is 0.316. The zero-order valence-corrected chi connectivity index (χ0v) is 12.0. The van der Waals surface area contributed by atoms with Crippen molar-refractivity contribution in [2.75, 3.05) is 0 Å². The molecule has 0 aliphatic heterocycles. The normalized spacial score (nSPS) is 10.8. The van der Waals surface area contributed by atoms with Crippen molar-refractivity contribution in [3.63, 3.8) is 0 Å². The van der Waals surface area contributed by atoms with Crippen LogP contribution in [0.3, 0.4) is 0 Å². The Bertz CT molecular complexity index is 584. The SMILES string of the molecule is Cc1ccc(F)cc1Oc1cccc(CNC(C)C)n1. The molecule has 0 bridgehead atoms. The lowest BCUT2D eigenvalue weighted by atomic mass is 10.2. The molecule has 0 aliphatic carbocycles. The van der Waals surface area contributed by atoms with E-state index >= 15 is 0 Å². The van der Waals surface area contributed by atoms with Gasteiger partial charge in [-0.15, -0.1) is 0 Å². The van der Waals surface area contributed by atoms with Gasteiger partial charge >= 0.3 is 0 Å². The van der Waals surface area contributed by atoms with Gasteiger partial charge in [0.25, 0.3) is 0 Å². The molecule has 1 heterocycles. The Morgan fingerprint density at radius 1 is 1.25 bits per heavy atom. The molecule has 0 spiro atoms. The zero-order valence-electron chi connectivity index (χ0n) is 12.0. The van der Waals surface area contributed by atoms with E-state index in [0.29, 0.717) is 24.2 Å². The Hall–Kier alpha value is -1.94. The summed E-state index contributed by atoms with van der Waals surface area (Å²) in [6.45, 7) is 6.71. The lowest BCUT2D eigenvalue weighted by Crippen LogP contribution is -2.22. The number of aryl methyl sites for hydroxylation is 1. The van der Waals surface area contributed by atoms with Crippen LogP contribution in [0.15, 0.2) is 36.4 Å². The first-order chi connectivity index (χ1) is 9.54. The molecule has 0 saturated heterocycles. The number of rotatable bonds is 5. The van der Waals surface area contributed by atoms with E-state index in [-0.39, 0.29) is 5.82 Å². The lowest BCUT2D eigenvalue weighted by Gasteiger charge is -2.10. The van der Waals surface area contributed by atoms with Gasteiger partial charge < -0.3 is 10.1 Å². The van der Waals surface area contributed by atoms with Crippen molar-refractivity contribution in [3.05, 3.63) is 53.5 Å². The third-order valence-electron chi connectivity index (χ3n) is 2.84. The molecule has 0 radical (unpaired) electrons. The van der Waals surface area contributed by atoms with Crippen molar-refractivity contribution in [3.8, 4) is 11.6 Å². The molecule has 2 rings (SSSR count). The first-order valence-electron chi connectivity index (χ1n) is 6.68. The number of nitrogens with one attached hydrogen (secondary N) is 1. The molecular weight excluding hydrogens is 255 g/mol. The molecule has 0 unspecified atom stereocenters. The predicted octanol–water partition coefficient (Wildman–Crippen LogP) is 3.82. The molecule has 1 aromatic carbocycles. The van der Waals surface area contributed by atoms with Crippen LogP contribution in [0.25, 0.3) is 0 Å². The summed E-state index contributed by atoms with van der Waals surface area (Å²) in [6.07, 6.45) is 0. The fourth-order valence-electron chi connectivity index (χ4n) is 1.72. The van der Waals surface area contributed by atoms with E-state index in [1.807, 2.05) is 19.1 Å². The molecule has 4 heteroatoms. The van der Waals surface area contributed by atoms with E-state index in [1.54, 1.807) is 12.1 Å². The molecule has 20 heavy (non-hydrogen) atoms. The second-order valence-corrected chi connectivity index (χ2v) is 5.01. The third kappa shape index (κ3) is 4.03. The maximum Gasteiger partial charge on any atom is 0.219 e. The van der Waals surface area contributed by atoms with Crippen molar-refractivity contribution in [1.29, 1.82) is 0 Å². The van der Waals surface area contributed by atoms with Crippen LogP contribution in [-0.4, -0.2) is 11.0 Å². The van der Waals surface area contributed by atoms with Crippen LogP contribution in [0.2, 0.25) is 0 Å². The fourth-order valence-corrected chi connectivity index (χ4v) is 1.72. The second-order valence-electron chi connectivity index (χ2n) is 5.01. The zero-order chi connectivity index (χ0) is 14.5. The lowest BCUT2D eigenvalue weighted by molar-refractivity contribution is 0.450. The van der Waals surface area contributed by atoms with Crippen LogP contribution in [0.4, 0.5) is 4.39 Å². The molecule has 3 nitrogen and oxygen atoms in total. The summed E-state index contributed by atoms with van der Waals surface area (Å²) >= 11 is 0. The van der Waals surface area contributed by atoms with Crippen molar-refractivity contribution >= 4 is 0 Å². The van der Waals surface area contributed by atoms with E-state index in [9.17, 15) is 4.39 Å².